The molecule has 0 heterocycles. The van der Waals surface area contributed by atoms with Crippen LogP contribution in [0.5, 0.6) is 0 Å². The molecule has 2 atom stereocenters. The summed E-state index contributed by atoms with van der Waals surface area (Å²) in [6, 6.07) is 17.8. The summed E-state index contributed by atoms with van der Waals surface area (Å²) in [6.45, 7) is 8.87. The molecular weight excluding hydrogens is 332 g/mol. The molecule has 0 bridgehead atoms. The van der Waals surface area contributed by atoms with E-state index in [1.807, 2.05) is 49.4 Å². The zero-order chi connectivity index (χ0) is 17.7. The van der Waals surface area contributed by atoms with Gasteiger partial charge >= 0.3 is 0 Å². The first-order valence-corrected chi connectivity index (χ1v) is 8.47. The molecule has 0 aliphatic heterocycles. The lowest BCUT2D eigenvalue weighted by Crippen LogP contribution is -2.42. The van der Waals surface area contributed by atoms with E-state index in [0.29, 0.717) is 6.54 Å². The zero-order valence-electron chi connectivity index (χ0n) is 15.5. The van der Waals surface area contributed by atoms with E-state index in [4.69, 9.17) is 5.73 Å². The highest BCUT2D eigenvalue weighted by molar-refractivity contribution is 5.85. The van der Waals surface area contributed by atoms with Crippen LogP contribution in [0.2, 0.25) is 0 Å². The maximum atomic E-state index is 12.5. The van der Waals surface area contributed by atoms with Crippen molar-refractivity contribution in [3.63, 3.8) is 0 Å². The van der Waals surface area contributed by atoms with Crippen molar-refractivity contribution in [3.8, 4) is 0 Å². The first-order valence-electron chi connectivity index (χ1n) is 8.47. The number of amides is 1. The Bertz CT molecular complexity index is 685. The molecule has 25 heavy (non-hydrogen) atoms. The van der Waals surface area contributed by atoms with Crippen LogP contribution in [0, 0.1) is 12.8 Å². The molecule has 3 N–H and O–H groups in total. The molecule has 3 nitrogen and oxygen atoms in total. The molecule has 4 heteroatoms. The number of hydrogen-bond acceptors (Lipinski definition) is 2. The van der Waals surface area contributed by atoms with Crippen molar-refractivity contribution in [2.75, 3.05) is 6.54 Å². The van der Waals surface area contributed by atoms with Crippen LogP contribution in [0.3, 0.4) is 0 Å². The highest BCUT2D eigenvalue weighted by atomic mass is 35.5. The smallest absolute Gasteiger partial charge is 0.224 e. The Labute approximate surface area is 157 Å². The van der Waals surface area contributed by atoms with Crippen molar-refractivity contribution in [1.29, 1.82) is 0 Å². The largest absolute Gasteiger partial charge is 0.355 e. The molecule has 0 saturated heterocycles. The van der Waals surface area contributed by atoms with Gasteiger partial charge in [0.05, 0.1) is 5.92 Å². The van der Waals surface area contributed by atoms with E-state index in [2.05, 4.69) is 38.2 Å². The van der Waals surface area contributed by atoms with Crippen LogP contribution in [0.4, 0.5) is 0 Å². The first kappa shape index (κ1) is 21.2. The molecule has 136 valence electrons. The van der Waals surface area contributed by atoms with Gasteiger partial charge in [-0.25, -0.2) is 0 Å². The minimum Gasteiger partial charge on any atom is -0.355 e. The minimum absolute atomic E-state index is 0. The van der Waals surface area contributed by atoms with Crippen molar-refractivity contribution in [1.82, 2.24) is 5.32 Å². The predicted molar refractivity (Wildman–Crippen MR) is 107 cm³/mol. The summed E-state index contributed by atoms with van der Waals surface area (Å²) in [7, 11) is 0. The fraction of sp³-hybridized carbons (Fsp3) is 0.381. The second-order valence-electron chi connectivity index (χ2n) is 7.14. The quantitative estimate of drug-likeness (QED) is 0.813. The Morgan fingerprint density at radius 3 is 2.24 bits per heavy atom. The molecule has 0 fully saturated rings. The summed E-state index contributed by atoms with van der Waals surface area (Å²) in [5.41, 5.74) is 9.61. The van der Waals surface area contributed by atoms with Crippen molar-refractivity contribution < 1.29 is 4.79 Å². The lowest BCUT2D eigenvalue weighted by molar-refractivity contribution is -0.125. The second-order valence-corrected chi connectivity index (χ2v) is 7.14. The molecular formula is C21H29ClN2O. The summed E-state index contributed by atoms with van der Waals surface area (Å²) in [5.74, 6) is -0.284. The highest BCUT2D eigenvalue weighted by Crippen LogP contribution is 2.26. The molecule has 0 radical (unpaired) electrons. The average Bonchev–Trinajstić information content (AvgIpc) is 2.59. The topological polar surface area (TPSA) is 55.1 Å². The summed E-state index contributed by atoms with van der Waals surface area (Å²) in [5, 5.41) is 3.08. The minimum atomic E-state index is -0.298. The molecule has 2 aromatic carbocycles. The Morgan fingerprint density at radius 2 is 1.64 bits per heavy atom. The normalized spacial score (nSPS) is 13.5. The first-order chi connectivity index (χ1) is 11.3. The van der Waals surface area contributed by atoms with Gasteiger partial charge in [0.2, 0.25) is 5.91 Å². The molecule has 0 saturated carbocycles. The van der Waals surface area contributed by atoms with Crippen LogP contribution in [-0.4, -0.2) is 12.5 Å². The average molecular weight is 361 g/mol. The Balaban J connectivity index is 0.00000312. The van der Waals surface area contributed by atoms with Crippen molar-refractivity contribution in [3.05, 3.63) is 71.3 Å². The standard InChI is InChI=1S/C21H28N2O.ClH/c1-15-10-8-9-13-18(15)21(3,4)14-23-20(24)16(2)19(22)17-11-6-5-7-12-17;/h5-13,16,19H,14,22H2,1-4H3,(H,23,24);1H. The fourth-order valence-corrected chi connectivity index (χ4v) is 3.02. The number of halogens is 1. The van der Waals surface area contributed by atoms with Crippen molar-refractivity contribution in [2.24, 2.45) is 11.7 Å². The number of aryl methyl sites for hydroxylation is 1. The molecule has 1 amide bonds. The van der Waals surface area contributed by atoms with Crippen LogP contribution in [0.15, 0.2) is 54.6 Å². The van der Waals surface area contributed by atoms with Gasteiger partial charge in [-0.3, -0.25) is 4.79 Å². The molecule has 0 aliphatic carbocycles. The van der Waals surface area contributed by atoms with Crippen molar-refractivity contribution >= 4 is 18.3 Å². The van der Waals surface area contributed by atoms with Gasteiger partial charge < -0.3 is 11.1 Å². The van der Waals surface area contributed by atoms with Crippen molar-refractivity contribution in [2.45, 2.75) is 39.2 Å². The van der Waals surface area contributed by atoms with Crippen LogP contribution in [0.1, 0.15) is 43.5 Å². The van der Waals surface area contributed by atoms with E-state index in [9.17, 15) is 4.79 Å². The van der Waals surface area contributed by atoms with E-state index >= 15 is 0 Å². The Morgan fingerprint density at radius 1 is 1.08 bits per heavy atom. The van der Waals surface area contributed by atoms with E-state index in [1.165, 1.54) is 11.1 Å². The number of nitrogens with two attached hydrogens (primary N) is 1. The number of rotatable bonds is 6. The van der Waals surface area contributed by atoms with Gasteiger partial charge in [0.25, 0.3) is 0 Å². The summed E-state index contributed by atoms with van der Waals surface area (Å²) < 4.78 is 0. The third-order valence-electron chi connectivity index (χ3n) is 4.72. The maximum Gasteiger partial charge on any atom is 0.224 e. The molecule has 2 aromatic rings. The summed E-state index contributed by atoms with van der Waals surface area (Å²) in [6.07, 6.45) is 0. The third kappa shape index (κ3) is 5.32. The SMILES string of the molecule is Cc1ccccc1C(C)(C)CNC(=O)C(C)C(N)c1ccccc1.Cl. The molecule has 2 unspecified atom stereocenters. The van der Waals surface area contributed by atoms with Crippen LogP contribution in [0.25, 0.3) is 0 Å². The molecule has 0 aliphatic rings. The number of benzene rings is 2. The third-order valence-corrected chi connectivity index (χ3v) is 4.72. The summed E-state index contributed by atoms with van der Waals surface area (Å²) in [4.78, 5) is 12.5. The fourth-order valence-electron chi connectivity index (χ4n) is 3.02. The molecule has 2 rings (SSSR count). The van der Waals surface area contributed by atoms with E-state index in [0.717, 1.165) is 5.56 Å². The van der Waals surface area contributed by atoms with Gasteiger partial charge in [0.1, 0.15) is 0 Å². The van der Waals surface area contributed by atoms with Gasteiger partial charge in [0.15, 0.2) is 0 Å². The Kier molecular flexibility index (Phi) is 7.65. The van der Waals surface area contributed by atoms with E-state index in [1.54, 1.807) is 0 Å². The second kappa shape index (κ2) is 9.02. The van der Waals surface area contributed by atoms with Gasteiger partial charge in [-0.05, 0) is 23.6 Å². The molecule has 0 aromatic heterocycles. The van der Waals surface area contributed by atoms with E-state index < -0.39 is 0 Å². The van der Waals surface area contributed by atoms with Crippen LogP contribution < -0.4 is 11.1 Å². The van der Waals surface area contributed by atoms with Gasteiger partial charge in [0, 0.05) is 18.0 Å². The number of carbonyl (C=O) groups is 1. The summed E-state index contributed by atoms with van der Waals surface area (Å²) >= 11 is 0. The lowest BCUT2D eigenvalue weighted by atomic mass is 9.82. The van der Waals surface area contributed by atoms with Gasteiger partial charge in [-0.1, -0.05) is 75.4 Å². The predicted octanol–water partition coefficient (Wildman–Crippen LogP) is 4.15. The maximum absolute atomic E-state index is 12.5. The number of nitrogens with one attached hydrogen (secondary N) is 1. The van der Waals surface area contributed by atoms with Gasteiger partial charge in [-0.15, -0.1) is 12.4 Å². The lowest BCUT2D eigenvalue weighted by Gasteiger charge is -2.29. The van der Waals surface area contributed by atoms with Crippen LogP contribution in [-0.2, 0) is 10.2 Å². The van der Waals surface area contributed by atoms with E-state index in [-0.39, 0.29) is 35.7 Å². The Hall–Kier alpha value is -1.84. The number of hydrogen-bond donors (Lipinski definition) is 2. The van der Waals surface area contributed by atoms with Crippen LogP contribution >= 0.6 is 12.4 Å². The number of carbonyl (C=O) groups excluding carboxylic acids is 1. The highest BCUT2D eigenvalue weighted by Gasteiger charge is 2.26. The van der Waals surface area contributed by atoms with Gasteiger partial charge in [-0.2, -0.15) is 0 Å². The zero-order valence-corrected chi connectivity index (χ0v) is 16.3. The molecule has 0 spiro atoms. The monoisotopic (exact) mass is 360 g/mol.